The summed E-state index contributed by atoms with van der Waals surface area (Å²) in [7, 11) is 1.29. The molecule has 0 saturated carbocycles. The Labute approximate surface area is 171 Å². The Kier molecular flexibility index (Phi) is 5.35. The molecule has 1 aromatic carbocycles. The smallest absolute Gasteiger partial charge is 0.339 e. The van der Waals surface area contributed by atoms with E-state index < -0.39 is 17.8 Å². The zero-order valence-electron chi connectivity index (χ0n) is 15.3. The fourth-order valence-electron chi connectivity index (χ4n) is 3.01. The van der Waals surface area contributed by atoms with Gasteiger partial charge < -0.3 is 9.30 Å². The molecule has 1 saturated heterocycles. The van der Waals surface area contributed by atoms with Crippen LogP contribution < -0.4 is 10.6 Å². The number of thiocarbonyl (C=S) groups is 1. The largest absolute Gasteiger partial charge is 0.465 e. The number of nitrogens with one attached hydrogen (secondary N) is 2. The third-order valence-corrected chi connectivity index (χ3v) is 4.85. The molecule has 144 valence electrons. The Morgan fingerprint density at radius 2 is 1.82 bits per heavy atom. The number of benzene rings is 1. The Balaban J connectivity index is 2.04. The van der Waals surface area contributed by atoms with Crippen molar-refractivity contribution in [2.45, 2.75) is 13.8 Å². The predicted octanol–water partition coefficient (Wildman–Crippen LogP) is 2.45. The second-order valence-electron chi connectivity index (χ2n) is 6.11. The first-order valence-electron chi connectivity index (χ1n) is 8.18. The number of aryl methyl sites for hydroxylation is 1. The van der Waals surface area contributed by atoms with Crippen LogP contribution in [0, 0.1) is 13.8 Å². The van der Waals surface area contributed by atoms with Crippen molar-refractivity contribution in [2.24, 2.45) is 0 Å². The van der Waals surface area contributed by atoms with E-state index in [0.29, 0.717) is 5.56 Å². The molecule has 2 N–H and O–H groups in total. The van der Waals surface area contributed by atoms with Gasteiger partial charge in [0.2, 0.25) is 0 Å². The lowest BCUT2D eigenvalue weighted by Crippen LogP contribution is -2.51. The maximum atomic E-state index is 12.1. The molecule has 9 heteroatoms. The summed E-state index contributed by atoms with van der Waals surface area (Å²) in [6, 6.07) is 6.83. The number of rotatable bonds is 3. The number of carbonyl (C=O) groups excluding carboxylic acids is 3. The number of amides is 2. The standard InChI is InChI=1S/C19H16ClN3O4S/c1-9-6-11(7-14-16(24)21-19(28)22-17(14)25)10(2)23(9)12-4-5-13(15(20)8-12)18(26)27-3/h4-8H,1-3H3,(H2,21,22,24,25,28). The molecule has 0 bridgehead atoms. The Hall–Kier alpha value is -2.97. The van der Waals surface area contributed by atoms with E-state index in [1.165, 1.54) is 13.2 Å². The Bertz CT molecular complexity index is 1050. The molecular formula is C19H16ClN3O4S. The van der Waals surface area contributed by atoms with E-state index >= 15 is 0 Å². The van der Waals surface area contributed by atoms with Crippen LogP contribution in [-0.2, 0) is 14.3 Å². The van der Waals surface area contributed by atoms with Gasteiger partial charge in [0.15, 0.2) is 5.11 Å². The average molecular weight is 418 g/mol. The zero-order chi connectivity index (χ0) is 20.6. The van der Waals surface area contributed by atoms with E-state index in [0.717, 1.165) is 17.1 Å². The van der Waals surface area contributed by atoms with Crippen molar-refractivity contribution in [3.63, 3.8) is 0 Å². The minimum atomic E-state index is -0.552. The monoisotopic (exact) mass is 417 g/mol. The molecule has 0 unspecified atom stereocenters. The highest BCUT2D eigenvalue weighted by molar-refractivity contribution is 7.80. The highest BCUT2D eigenvalue weighted by atomic mass is 35.5. The van der Waals surface area contributed by atoms with Crippen LogP contribution >= 0.6 is 23.8 Å². The lowest BCUT2D eigenvalue weighted by molar-refractivity contribution is -0.123. The number of ether oxygens (including phenoxy) is 1. The van der Waals surface area contributed by atoms with Gasteiger partial charge in [0.1, 0.15) is 5.57 Å². The van der Waals surface area contributed by atoms with Gasteiger partial charge in [-0.25, -0.2) is 4.79 Å². The first kappa shape index (κ1) is 19.8. The minimum absolute atomic E-state index is 0.0158. The number of halogens is 1. The SMILES string of the molecule is COC(=O)c1ccc(-n2c(C)cc(C=C3C(=O)NC(=S)NC3=O)c2C)cc1Cl. The van der Waals surface area contributed by atoms with Crippen molar-refractivity contribution < 1.29 is 19.1 Å². The number of carbonyl (C=O) groups is 3. The van der Waals surface area contributed by atoms with Gasteiger partial charge in [-0.15, -0.1) is 0 Å². The highest BCUT2D eigenvalue weighted by Gasteiger charge is 2.26. The van der Waals surface area contributed by atoms with Crippen LogP contribution in [0.25, 0.3) is 11.8 Å². The van der Waals surface area contributed by atoms with Gasteiger partial charge in [-0.2, -0.15) is 0 Å². The molecule has 0 atom stereocenters. The molecule has 7 nitrogen and oxygen atoms in total. The molecule has 28 heavy (non-hydrogen) atoms. The number of hydrogen-bond donors (Lipinski definition) is 2. The number of esters is 1. The molecule has 0 aliphatic carbocycles. The van der Waals surface area contributed by atoms with Crippen LogP contribution in [0.1, 0.15) is 27.3 Å². The van der Waals surface area contributed by atoms with Gasteiger partial charge in [0, 0.05) is 17.1 Å². The Morgan fingerprint density at radius 3 is 2.39 bits per heavy atom. The quantitative estimate of drug-likeness (QED) is 0.346. The fraction of sp³-hybridized carbons (Fsp3) is 0.158. The van der Waals surface area contributed by atoms with E-state index in [-0.39, 0.29) is 21.3 Å². The first-order chi connectivity index (χ1) is 13.2. The van der Waals surface area contributed by atoms with E-state index in [1.807, 2.05) is 24.5 Å². The molecule has 2 aromatic rings. The summed E-state index contributed by atoms with van der Waals surface area (Å²) in [6.07, 6.45) is 1.51. The molecule has 2 amide bonds. The van der Waals surface area contributed by atoms with Crippen molar-refractivity contribution in [1.82, 2.24) is 15.2 Å². The van der Waals surface area contributed by atoms with Gasteiger partial charge in [-0.1, -0.05) is 11.6 Å². The first-order valence-corrected chi connectivity index (χ1v) is 8.97. The van der Waals surface area contributed by atoms with Gasteiger partial charge in [-0.3, -0.25) is 20.2 Å². The van der Waals surface area contributed by atoms with Crippen LogP contribution in [-0.4, -0.2) is 34.6 Å². The molecule has 1 aromatic heterocycles. The van der Waals surface area contributed by atoms with E-state index in [2.05, 4.69) is 10.6 Å². The summed E-state index contributed by atoms with van der Waals surface area (Å²) >= 11 is 11.0. The lowest BCUT2D eigenvalue weighted by atomic mass is 10.1. The van der Waals surface area contributed by atoms with Gasteiger partial charge in [0.05, 0.1) is 17.7 Å². The van der Waals surface area contributed by atoms with Crippen LogP contribution in [0.4, 0.5) is 0 Å². The van der Waals surface area contributed by atoms with Gasteiger partial charge in [-0.05, 0) is 62.0 Å². The maximum Gasteiger partial charge on any atom is 0.339 e. The molecule has 1 fully saturated rings. The van der Waals surface area contributed by atoms with E-state index in [9.17, 15) is 14.4 Å². The molecule has 1 aliphatic rings. The average Bonchev–Trinajstić information content (AvgIpc) is 2.90. The second kappa shape index (κ2) is 7.57. The van der Waals surface area contributed by atoms with Gasteiger partial charge >= 0.3 is 5.97 Å². The molecule has 1 aliphatic heterocycles. The summed E-state index contributed by atoms with van der Waals surface area (Å²) < 4.78 is 6.61. The molecular weight excluding hydrogens is 402 g/mol. The number of nitrogens with zero attached hydrogens (tertiary/aromatic N) is 1. The van der Waals surface area contributed by atoms with Crippen LogP contribution in [0.3, 0.4) is 0 Å². The van der Waals surface area contributed by atoms with Gasteiger partial charge in [0.25, 0.3) is 11.8 Å². The summed E-state index contributed by atoms with van der Waals surface area (Å²) in [5, 5.41) is 5.06. The minimum Gasteiger partial charge on any atom is -0.465 e. The topological polar surface area (TPSA) is 89.4 Å². The highest BCUT2D eigenvalue weighted by Crippen LogP contribution is 2.27. The number of methoxy groups -OCH3 is 1. The molecule has 3 rings (SSSR count). The lowest BCUT2D eigenvalue weighted by Gasteiger charge is -2.16. The third kappa shape index (κ3) is 3.56. The third-order valence-electron chi connectivity index (χ3n) is 4.33. The molecule has 0 spiro atoms. The summed E-state index contributed by atoms with van der Waals surface area (Å²) in [5.41, 5.74) is 3.31. The number of aromatic nitrogens is 1. The molecule has 0 radical (unpaired) electrons. The van der Waals surface area contributed by atoms with Crippen LogP contribution in [0.2, 0.25) is 5.02 Å². The normalized spacial score (nSPS) is 13.9. The van der Waals surface area contributed by atoms with Crippen LogP contribution in [0.15, 0.2) is 29.8 Å². The van der Waals surface area contributed by atoms with E-state index in [1.54, 1.807) is 18.2 Å². The Morgan fingerprint density at radius 1 is 1.18 bits per heavy atom. The zero-order valence-corrected chi connectivity index (χ0v) is 16.8. The van der Waals surface area contributed by atoms with Crippen molar-refractivity contribution in [3.8, 4) is 5.69 Å². The fourth-order valence-corrected chi connectivity index (χ4v) is 3.45. The number of hydrogen-bond acceptors (Lipinski definition) is 5. The van der Waals surface area contributed by atoms with Crippen molar-refractivity contribution >= 4 is 52.8 Å². The van der Waals surface area contributed by atoms with Crippen molar-refractivity contribution in [3.05, 3.63) is 57.4 Å². The summed E-state index contributed by atoms with van der Waals surface area (Å²) in [6.45, 7) is 3.73. The van der Waals surface area contributed by atoms with E-state index in [4.69, 9.17) is 28.6 Å². The summed E-state index contributed by atoms with van der Waals surface area (Å²) in [4.78, 5) is 35.9. The second-order valence-corrected chi connectivity index (χ2v) is 6.93. The molecule has 2 heterocycles. The maximum absolute atomic E-state index is 12.1. The van der Waals surface area contributed by atoms with Crippen molar-refractivity contribution in [1.29, 1.82) is 0 Å². The van der Waals surface area contributed by atoms with Crippen molar-refractivity contribution in [2.75, 3.05) is 7.11 Å². The summed E-state index contributed by atoms with van der Waals surface area (Å²) in [5.74, 6) is -1.62. The van der Waals surface area contributed by atoms with Crippen LogP contribution in [0.5, 0.6) is 0 Å². The predicted molar refractivity (Wildman–Crippen MR) is 108 cm³/mol.